The minimum Gasteiger partial charge on any atom is -0.351 e. The molecule has 1 saturated carbocycles. The van der Waals surface area contributed by atoms with Gasteiger partial charge in [-0.05, 0) is 69.5 Å². The maximum absolute atomic E-state index is 15.1. The predicted molar refractivity (Wildman–Crippen MR) is 144 cm³/mol. The van der Waals surface area contributed by atoms with Gasteiger partial charge in [-0.2, -0.15) is 18.4 Å². The first kappa shape index (κ1) is 29.4. The number of carbonyl (C=O) groups excluding carboxylic acids is 2. The minimum atomic E-state index is -4.84. The quantitative estimate of drug-likeness (QED) is 0.352. The molecule has 2 amide bonds. The SMILES string of the molecule is CN(C(=O)C1(N(C=S)c2ccc(C(=O)NCCN3CCCC3)c(F)c2)CCC1)c1cnc(C#N)c(C(F)(F)F)c1. The normalized spacial score (nSPS) is 16.5. The van der Waals surface area contributed by atoms with E-state index >= 15 is 4.39 Å². The molecule has 2 aromatic rings. The highest BCUT2D eigenvalue weighted by molar-refractivity contribution is 7.79. The number of hydrogen-bond donors (Lipinski definition) is 1. The second kappa shape index (κ2) is 11.9. The Balaban J connectivity index is 1.54. The third-order valence-electron chi connectivity index (χ3n) is 7.51. The van der Waals surface area contributed by atoms with E-state index in [0.29, 0.717) is 38.4 Å². The molecule has 2 heterocycles. The van der Waals surface area contributed by atoms with Gasteiger partial charge in [0.1, 0.15) is 17.4 Å². The number of alkyl halides is 3. The number of nitrogens with one attached hydrogen (secondary N) is 1. The van der Waals surface area contributed by atoms with E-state index in [0.717, 1.165) is 43.1 Å². The van der Waals surface area contributed by atoms with E-state index in [-0.39, 0.29) is 16.9 Å². The first-order valence-electron chi connectivity index (χ1n) is 12.8. The molecule has 1 N–H and O–H groups in total. The molecule has 0 bridgehead atoms. The van der Waals surface area contributed by atoms with E-state index in [9.17, 15) is 22.8 Å². The molecule has 1 aliphatic heterocycles. The summed E-state index contributed by atoms with van der Waals surface area (Å²) in [5, 5.41) is 11.7. The van der Waals surface area contributed by atoms with Gasteiger partial charge in [-0.15, -0.1) is 0 Å². The third kappa shape index (κ3) is 5.78. The Labute approximate surface area is 234 Å². The number of hydrogen-bond acceptors (Lipinski definition) is 6. The van der Waals surface area contributed by atoms with E-state index in [1.807, 2.05) is 0 Å². The fourth-order valence-corrected chi connectivity index (χ4v) is 5.44. The molecule has 8 nitrogen and oxygen atoms in total. The van der Waals surface area contributed by atoms with Gasteiger partial charge in [-0.1, -0.05) is 12.2 Å². The first-order valence-corrected chi connectivity index (χ1v) is 13.3. The van der Waals surface area contributed by atoms with E-state index in [1.54, 1.807) is 0 Å². The summed E-state index contributed by atoms with van der Waals surface area (Å²) in [5.74, 6) is -1.91. The first-order chi connectivity index (χ1) is 19.0. The highest BCUT2D eigenvalue weighted by Gasteiger charge is 2.51. The van der Waals surface area contributed by atoms with Crippen molar-refractivity contribution in [1.82, 2.24) is 15.2 Å². The lowest BCUT2D eigenvalue weighted by molar-refractivity contribution is -0.138. The number of thiocarbonyl (C=S) groups is 1. The van der Waals surface area contributed by atoms with Crippen molar-refractivity contribution in [1.29, 1.82) is 5.26 Å². The van der Waals surface area contributed by atoms with Crippen LogP contribution in [-0.4, -0.2) is 66.0 Å². The molecular formula is C27H28F4N6O2S. The van der Waals surface area contributed by atoms with E-state index in [1.165, 1.54) is 35.6 Å². The van der Waals surface area contributed by atoms with Crippen LogP contribution in [0.4, 0.5) is 28.9 Å². The van der Waals surface area contributed by atoms with Gasteiger partial charge in [0.05, 0.1) is 28.5 Å². The van der Waals surface area contributed by atoms with Crippen LogP contribution in [0.1, 0.15) is 53.7 Å². The van der Waals surface area contributed by atoms with Crippen molar-refractivity contribution in [3.8, 4) is 6.07 Å². The average molecular weight is 577 g/mol. The van der Waals surface area contributed by atoms with Crippen LogP contribution in [0.3, 0.4) is 0 Å². The van der Waals surface area contributed by atoms with Crippen molar-refractivity contribution in [2.24, 2.45) is 0 Å². The van der Waals surface area contributed by atoms with Crippen LogP contribution in [0.25, 0.3) is 0 Å². The molecular weight excluding hydrogens is 548 g/mol. The monoisotopic (exact) mass is 576 g/mol. The molecule has 1 aromatic carbocycles. The summed E-state index contributed by atoms with van der Waals surface area (Å²) in [6, 6.07) is 6.04. The maximum atomic E-state index is 15.1. The Bertz CT molecular complexity index is 1340. The lowest BCUT2D eigenvalue weighted by Crippen LogP contribution is -2.63. The van der Waals surface area contributed by atoms with Gasteiger partial charge < -0.3 is 20.0 Å². The number of halogens is 4. The number of pyridine rings is 1. The Kier molecular flexibility index (Phi) is 8.70. The van der Waals surface area contributed by atoms with Crippen LogP contribution < -0.4 is 15.1 Å². The number of carbonyl (C=O) groups is 2. The Morgan fingerprint density at radius 3 is 2.45 bits per heavy atom. The molecule has 0 spiro atoms. The van der Waals surface area contributed by atoms with Crippen molar-refractivity contribution in [3.63, 3.8) is 0 Å². The van der Waals surface area contributed by atoms with Crippen molar-refractivity contribution in [2.45, 2.75) is 43.8 Å². The van der Waals surface area contributed by atoms with Gasteiger partial charge in [-0.3, -0.25) is 9.59 Å². The maximum Gasteiger partial charge on any atom is 0.419 e. The highest BCUT2D eigenvalue weighted by Crippen LogP contribution is 2.42. The molecule has 1 aromatic heterocycles. The number of likely N-dealkylation sites (tertiary alicyclic amines) is 1. The van der Waals surface area contributed by atoms with Crippen molar-refractivity contribution in [2.75, 3.05) is 43.0 Å². The molecule has 2 fully saturated rings. The highest BCUT2D eigenvalue weighted by atomic mass is 32.1. The summed E-state index contributed by atoms with van der Waals surface area (Å²) in [6.45, 7) is 3.03. The van der Waals surface area contributed by atoms with Crippen LogP contribution >= 0.6 is 12.2 Å². The second-order valence-corrected chi connectivity index (χ2v) is 10.1. The molecule has 40 heavy (non-hydrogen) atoms. The van der Waals surface area contributed by atoms with E-state index < -0.39 is 40.6 Å². The Morgan fingerprint density at radius 1 is 1.20 bits per heavy atom. The van der Waals surface area contributed by atoms with E-state index in [4.69, 9.17) is 17.5 Å². The number of anilines is 2. The van der Waals surface area contributed by atoms with E-state index in [2.05, 4.69) is 15.2 Å². The zero-order valence-electron chi connectivity index (χ0n) is 21.8. The number of likely N-dealkylation sites (N-methyl/N-ethyl adjacent to an activating group) is 1. The molecule has 0 radical (unpaired) electrons. The van der Waals surface area contributed by atoms with Gasteiger partial charge >= 0.3 is 6.18 Å². The second-order valence-electron chi connectivity index (χ2n) is 9.89. The fourth-order valence-electron chi connectivity index (χ4n) is 5.12. The lowest BCUT2D eigenvalue weighted by atomic mass is 9.74. The molecule has 212 valence electrons. The van der Waals surface area contributed by atoms with Gasteiger partial charge in [0.15, 0.2) is 5.69 Å². The smallest absolute Gasteiger partial charge is 0.351 e. The summed E-state index contributed by atoms with van der Waals surface area (Å²) in [6.07, 6.45) is -0.293. The number of amides is 2. The van der Waals surface area contributed by atoms with Gasteiger partial charge in [0.2, 0.25) is 0 Å². The number of aromatic nitrogens is 1. The summed E-state index contributed by atoms with van der Waals surface area (Å²) >= 11 is 5.19. The van der Waals surface area contributed by atoms with Crippen molar-refractivity contribution < 1.29 is 27.2 Å². The van der Waals surface area contributed by atoms with Gasteiger partial charge in [0.25, 0.3) is 11.8 Å². The molecule has 4 rings (SSSR count). The van der Waals surface area contributed by atoms with Crippen LogP contribution in [-0.2, 0) is 11.0 Å². The van der Waals surface area contributed by atoms with Gasteiger partial charge in [-0.25, -0.2) is 9.37 Å². The molecule has 13 heteroatoms. The molecule has 1 saturated heterocycles. The zero-order chi connectivity index (χ0) is 29.1. The third-order valence-corrected chi connectivity index (χ3v) is 7.72. The van der Waals surface area contributed by atoms with Crippen LogP contribution in [0, 0.1) is 17.1 Å². The predicted octanol–water partition coefficient (Wildman–Crippen LogP) is 4.29. The Morgan fingerprint density at radius 2 is 1.90 bits per heavy atom. The molecule has 0 unspecified atom stereocenters. The molecule has 2 aliphatic rings. The van der Waals surface area contributed by atoms with Crippen LogP contribution in [0.2, 0.25) is 0 Å². The summed E-state index contributed by atoms with van der Waals surface area (Å²) in [7, 11) is 1.31. The number of nitriles is 1. The number of benzene rings is 1. The lowest BCUT2D eigenvalue weighted by Gasteiger charge is -2.49. The standard InChI is InChI=1S/C27H28F4N6O2S/c1-35(19-13-21(27(29,30)31)23(15-32)34-16-19)25(39)26(7-4-8-26)37(17-40)18-5-6-20(22(28)14-18)24(38)33-9-12-36-10-2-3-11-36/h5-6,13-14,16-17H,2-4,7-12H2,1H3,(H,33,38). The number of rotatable bonds is 9. The molecule has 0 atom stereocenters. The topological polar surface area (TPSA) is 92.6 Å². The summed E-state index contributed by atoms with van der Waals surface area (Å²) in [5.41, 5.74) is -2.19. The minimum absolute atomic E-state index is 0.149. The number of nitrogens with zero attached hydrogens (tertiary/aromatic N) is 5. The zero-order valence-corrected chi connectivity index (χ0v) is 22.6. The van der Waals surface area contributed by atoms with Crippen LogP contribution in [0.5, 0.6) is 0 Å². The summed E-state index contributed by atoms with van der Waals surface area (Å²) in [4.78, 5) is 34.5. The molecule has 1 aliphatic carbocycles. The van der Waals surface area contributed by atoms with Crippen molar-refractivity contribution >= 4 is 40.9 Å². The van der Waals surface area contributed by atoms with Crippen LogP contribution in [0.15, 0.2) is 30.5 Å². The van der Waals surface area contributed by atoms with Crippen molar-refractivity contribution in [3.05, 3.63) is 53.1 Å². The summed E-state index contributed by atoms with van der Waals surface area (Å²) < 4.78 is 55.5. The average Bonchev–Trinajstić information content (AvgIpc) is 3.42. The fraction of sp³-hybridized carbons (Fsp3) is 0.444. The largest absolute Gasteiger partial charge is 0.419 e. The Hall–Kier alpha value is -3.63. The van der Waals surface area contributed by atoms with Gasteiger partial charge in [0, 0.05) is 25.8 Å².